The molecule has 1 heterocycles. The molecule has 0 saturated carbocycles. The summed E-state index contributed by atoms with van der Waals surface area (Å²) in [6.07, 6.45) is 2.43. The summed E-state index contributed by atoms with van der Waals surface area (Å²) in [5.74, 6) is -1.26. The van der Waals surface area contributed by atoms with E-state index in [-0.39, 0.29) is 12.4 Å². The summed E-state index contributed by atoms with van der Waals surface area (Å²) in [5, 5.41) is 4.61. The smallest absolute Gasteiger partial charge is 0.331 e. The van der Waals surface area contributed by atoms with E-state index in [1.165, 1.54) is 6.08 Å². The average Bonchev–Trinajstić information content (AvgIpc) is 3.13. The van der Waals surface area contributed by atoms with E-state index in [9.17, 15) is 14.4 Å². The van der Waals surface area contributed by atoms with Gasteiger partial charge in [0.2, 0.25) is 5.89 Å². The Bertz CT molecular complexity index is 978. The highest BCUT2D eigenvalue weighted by Crippen LogP contribution is 2.15. The van der Waals surface area contributed by atoms with Crippen molar-refractivity contribution in [1.82, 2.24) is 15.6 Å². The Hall–Kier alpha value is -3.94. The zero-order valence-electron chi connectivity index (χ0n) is 14.8. The molecule has 0 bridgehead atoms. The summed E-state index contributed by atoms with van der Waals surface area (Å²) >= 11 is 0. The van der Waals surface area contributed by atoms with Gasteiger partial charge in [-0.15, -0.1) is 0 Å². The van der Waals surface area contributed by atoms with Gasteiger partial charge in [0.05, 0.1) is 0 Å². The lowest BCUT2D eigenvalue weighted by Crippen LogP contribution is -2.41. The zero-order valence-corrected chi connectivity index (χ0v) is 14.8. The number of para-hydroxylation sites is 2. The van der Waals surface area contributed by atoms with E-state index in [0.717, 1.165) is 11.6 Å². The fourth-order valence-corrected chi connectivity index (χ4v) is 2.27. The highest BCUT2D eigenvalue weighted by Gasteiger charge is 2.10. The van der Waals surface area contributed by atoms with Crippen LogP contribution in [0.4, 0.5) is 4.79 Å². The van der Waals surface area contributed by atoms with Crippen LogP contribution in [0.1, 0.15) is 11.5 Å². The summed E-state index contributed by atoms with van der Waals surface area (Å²) in [4.78, 5) is 39.2. The highest BCUT2D eigenvalue weighted by atomic mass is 16.5. The number of aromatic nitrogens is 1. The quantitative estimate of drug-likeness (QED) is 0.503. The highest BCUT2D eigenvalue weighted by molar-refractivity contribution is 5.96. The largest absolute Gasteiger partial charge is 0.452 e. The fourth-order valence-electron chi connectivity index (χ4n) is 2.27. The summed E-state index contributed by atoms with van der Waals surface area (Å²) in [5.41, 5.74) is 2.15. The van der Waals surface area contributed by atoms with Crippen molar-refractivity contribution in [3.05, 3.63) is 72.1 Å². The number of urea groups is 1. The number of ether oxygens (including phenoxy) is 1. The maximum atomic E-state index is 11.7. The molecule has 1 aromatic heterocycles. The minimum absolute atomic E-state index is 0.239. The van der Waals surface area contributed by atoms with Crippen LogP contribution in [-0.2, 0) is 20.9 Å². The summed E-state index contributed by atoms with van der Waals surface area (Å²) in [6.45, 7) is -0.317. The molecule has 0 aliphatic carbocycles. The molecule has 0 atom stereocenters. The van der Waals surface area contributed by atoms with Crippen LogP contribution in [0.3, 0.4) is 0 Å². The van der Waals surface area contributed by atoms with Gasteiger partial charge in [-0.05, 0) is 17.7 Å². The van der Waals surface area contributed by atoms with Gasteiger partial charge in [-0.25, -0.2) is 14.6 Å². The van der Waals surface area contributed by atoms with Crippen LogP contribution in [0.25, 0.3) is 17.2 Å². The lowest BCUT2D eigenvalue weighted by molar-refractivity contribution is -0.143. The second-order valence-corrected chi connectivity index (χ2v) is 5.68. The molecule has 0 aliphatic rings. The van der Waals surface area contributed by atoms with E-state index in [1.54, 1.807) is 12.1 Å². The third kappa shape index (κ3) is 5.53. The van der Waals surface area contributed by atoms with Gasteiger partial charge in [0.15, 0.2) is 12.2 Å². The zero-order chi connectivity index (χ0) is 19.8. The first-order valence-corrected chi connectivity index (χ1v) is 8.42. The Labute approximate surface area is 160 Å². The molecule has 3 rings (SSSR count). The number of benzene rings is 2. The Kier molecular flexibility index (Phi) is 6.14. The number of carbonyl (C=O) groups excluding carboxylic acids is 3. The number of amides is 3. The second-order valence-electron chi connectivity index (χ2n) is 5.68. The van der Waals surface area contributed by atoms with E-state index in [2.05, 4.69) is 15.6 Å². The van der Waals surface area contributed by atoms with Crippen molar-refractivity contribution in [2.75, 3.05) is 6.61 Å². The number of carbonyl (C=O) groups is 3. The molecule has 0 saturated heterocycles. The molecule has 142 valence electrons. The number of hydrogen-bond donors (Lipinski definition) is 2. The van der Waals surface area contributed by atoms with Crippen molar-refractivity contribution < 1.29 is 23.5 Å². The number of oxazole rings is 1. The minimum atomic E-state index is -0.762. The lowest BCUT2D eigenvalue weighted by atomic mass is 10.2. The van der Waals surface area contributed by atoms with Crippen LogP contribution in [0.15, 0.2) is 65.1 Å². The van der Waals surface area contributed by atoms with Crippen LogP contribution in [0.5, 0.6) is 0 Å². The van der Waals surface area contributed by atoms with Gasteiger partial charge in [-0.2, -0.15) is 0 Å². The van der Waals surface area contributed by atoms with Gasteiger partial charge in [-0.1, -0.05) is 42.5 Å². The van der Waals surface area contributed by atoms with Gasteiger partial charge in [-0.3, -0.25) is 10.1 Å². The van der Waals surface area contributed by atoms with Gasteiger partial charge < -0.3 is 14.5 Å². The Balaban J connectivity index is 1.39. The Morgan fingerprint density at radius 2 is 1.79 bits per heavy atom. The number of nitrogens with zero attached hydrogens (tertiary/aromatic N) is 1. The van der Waals surface area contributed by atoms with Crippen LogP contribution in [0, 0.1) is 0 Å². The normalized spacial score (nSPS) is 10.7. The molecule has 0 fully saturated rings. The van der Waals surface area contributed by atoms with Gasteiger partial charge in [0.1, 0.15) is 5.52 Å². The molecule has 2 aromatic carbocycles. The number of fused-ring (bicyclic) bond motifs is 1. The lowest BCUT2D eigenvalue weighted by Gasteiger charge is -2.06. The first-order chi connectivity index (χ1) is 13.6. The van der Waals surface area contributed by atoms with Crippen molar-refractivity contribution in [3.63, 3.8) is 0 Å². The van der Waals surface area contributed by atoms with E-state index in [1.807, 2.05) is 42.5 Å². The van der Waals surface area contributed by atoms with Crippen molar-refractivity contribution in [3.8, 4) is 0 Å². The number of rotatable bonds is 6. The van der Waals surface area contributed by atoms with E-state index >= 15 is 0 Å². The van der Waals surface area contributed by atoms with Crippen LogP contribution >= 0.6 is 0 Å². The van der Waals surface area contributed by atoms with Gasteiger partial charge in [0.25, 0.3) is 5.91 Å². The molecule has 0 spiro atoms. The minimum Gasteiger partial charge on any atom is -0.452 e. The van der Waals surface area contributed by atoms with Crippen LogP contribution in [0.2, 0.25) is 0 Å². The summed E-state index contributed by atoms with van der Waals surface area (Å²) < 4.78 is 10.2. The topological polar surface area (TPSA) is 111 Å². The molecular weight excluding hydrogens is 362 g/mol. The predicted molar refractivity (Wildman–Crippen MR) is 101 cm³/mol. The fraction of sp³-hybridized carbons (Fsp3) is 0.100. The SMILES string of the molecule is O=C(COC(=O)/C=C/c1nc2ccccc2o1)NC(=O)NCc1ccccc1. The molecule has 3 aromatic rings. The predicted octanol–water partition coefficient (Wildman–Crippen LogP) is 2.41. The maximum absolute atomic E-state index is 11.7. The third-order valence-electron chi connectivity index (χ3n) is 3.57. The van der Waals surface area contributed by atoms with Crippen molar-refractivity contribution >= 4 is 35.1 Å². The second kappa shape index (κ2) is 9.13. The van der Waals surface area contributed by atoms with E-state index in [0.29, 0.717) is 11.1 Å². The van der Waals surface area contributed by atoms with E-state index in [4.69, 9.17) is 9.15 Å². The summed E-state index contributed by atoms with van der Waals surface area (Å²) in [6, 6.07) is 15.7. The summed E-state index contributed by atoms with van der Waals surface area (Å²) in [7, 11) is 0. The molecule has 0 aliphatic heterocycles. The molecule has 0 unspecified atom stereocenters. The molecule has 3 amide bonds. The Morgan fingerprint density at radius 3 is 2.57 bits per heavy atom. The van der Waals surface area contributed by atoms with E-state index < -0.39 is 24.5 Å². The monoisotopic (exact) mass is 379 g/mol. The van der Waals surface area contributed by atoms with Crippen LogP contribution in [-0.4, -0.2) is 29.5 Å². The number of hydrogen-bond acceptors (Lipinski definition) is 6. The number of imide groups is 1. The first-order valence-electron chi connectivity index (χ1n) is 8.42. The average molecular weight is 379 g/mol. The molecular formula is C20H17N3O5. The van der Waals surface area contributed by atoms with Gasteiger partial charge in [0, 0.05) is 18.7 Å². The van der Waals surface area contributed by atoms with Crippen molar-refractivity contribution in [1.29, 1.82) is 0 Å². The first kappa shape index (κ1) is 18.8. The van der Waals surface area contributed by atoms with Crippen molar-refractivity contribution in [2.45, 2.75) is 6.54 Å². The Morgan fingerprint density at radius 1 is 1.04 bits per heavy atom. The van der Waals surface area contributed by atoms with Gasteiger partial charge >= 0.3 is 12.0 Å². The van der Waals surface area contributed by atoms with Crippen molar-refractivity contribution in [2.24, 2.45) is 0 Å². The molecule has 2 N–H and O–H groups in total. The molecule has 8 nitrogen and oxygen atoms in total. The van der Waals surface area contributed by atoms with Crippen LogP contribution < -0.4 is 10.6 Å². The molecule has 8 heteroatoms. The molecule has 0 radical (unpaired) electrons. The standard InChI is InChI=1S/C20H17N3O5/c24-17(23-20(26)21-12-14-6-2-1-3-7-14)13-27-19(25)11-10-18-22-15-8-4-5-9-16(15)28-18/h1-11H,12-13H2,(H2,21,23,24,26)/b11-10+. The maximum Gasteiger partial charge on any atom is 0.331 e. The number of nitrogens with one attached hydrogen (secondary N) is 2. The third-order valence-corrected chi connectivity index (χ3v) is 3.57. The number of esters is 1. The molecule has 28 heavy (non-hydrogen) atoms.